The molecule has 1 aromatic rings. The van der Waals surface area contributed by atoms with Crippen LogP contribution < -0.4 is 0 Å². The molecule has 0 atom stereocenters. The van der Waals surface area contributed by atoms with Gasteiger partial charge in [0.1, 0.15) is 11.2 Å². The van der Waals surface area contributed by atoms with Gasteiger partial charge in [-0.05, 0) is 35.0 Å². The Labute approximate surface area is 89.0 Å². The van der Waals surface area contributed by atoms with E-state index in [0.29, 0.717) is 13.2 Å². The first-order chi connectivity index (χ1) is 6.15. The number of carbonyl (C=O) groups is 1. The van der Waals surface area contributed by atoms with E-state index in [-0.39, 0.29) is 11.2 Å². The molecule has 0 aliphatic carbocycles. The summed E-state index contributed by atoms with van der Waals surface area (Å²) in [6, 6.07) is 3.97. The molecule has 1 aromatic heterocycles. The Balaban J connectivity index is 2.37. The molecule has 70 valence electrons. The van der Waals surface area contributed by atoms with E-state index in [1.54, 1.807) is 18.3 Å². The van der Waals surface area contributed by atoms with Crippen molar-refractivity contribution in [1.82, 2.24) is 0 Å². The van der Waals surface area contributed by atoms with Gasteiger partial charge < -0.3 is 4.74 Å². The van der Waals surface area contributed by atoms with Gasteiger partial charge in [0, 0.05) is 4.88 Å². The summed E-state index contributed by atoms with van der Waals surface area (Å²) in [4.78, 5) is 12.6. The topological polar surface area (TPSA) is 26.3 Å². The summed E-state index contributed by atoms with van der Waals surface area (Å²) in [5.74, 6) is 0.202. The highest BCUT2D eigenvalue weighted by atomic mass is 79.9. The number of ketones is 1. The van der Waals surface area contributed by atoms with Crippen LogP contribution in [0, 0.1) is 0 Å². The second-order valence-corrected chi connectivity index (χ2v) is 5.70. The van der Waals surface area contributed by atoms with Crippen LogP contribution in [-0.2, 0) is 14.9 Å². The number of hydrogen-bond donors (Lipinski definition) is 0. The molecule has 4 heteroatoms. The van der Waals surface area contributed by atoms with Gasteiger partial charge in [-0.25, -0.2) is 0 Å². The maximum Gasteiger partial charge on any atom is 0.145 e. The van der Waals surface area contributed by atoms with Crippen molar-refractivity contribution in [3.05, 3.63) is 20.8 Å². The average Bonchev–Trinajstić information content (AvgIpc) is 2.32. The molecule has 2 heterocycles. The van der Waals surface area contributed by atoms with Crippen LogP contribution >= 0.6 is 27.3 Å². The zero-order valence-electron chi connectivity index (χ0n) is 7.17. The molecule has 1 aliphatic heterocycles. The summed E-state index contributed by atoms with van der Waals surface area (Å²) in [7, 11) is 0. The molecular weight excluding hydrogens is 252 g/mol. The Morgan fingerprint density at radius 3 is 2.62 bits per heavy atom. The SMILES string of the molecule is CC(=O)C1(c2ccc(Br)s2)COC1. The number of thiophene rings is 1. The lowest BCUT2D eigenvalue weighted by atomic mass is 9.80. The Morgan fingerprint density at radius 1 is 1.62 bits per heavy atom. The molecule has 0 radical (unpaired) electrons. The van der Waals surface area contributed by atoms with E-state index >= 15 is 0 Å². The second-order valence-electron chi connectivity index (χ2n) is 3.23. The van der Waals surface area contributed by atoms with Gasteiger partial charge in [-0.2, -0.15) is 0 Å². The van der Waals surface area contributed by atoms with Crippen LogP contribution in [0.2, 0.25) is 0 Å². The van der Waals surface area contributed by atoms with Crippen molar-refractivity contribution in [2.24, 2.45) is 0 Å². The maximum absolute atomic E-state index is 11.5. The molecule has 0 N–H and O–H groups in total. The number of carbonyl (C=O) groups excluding carboxylic acids is 1. The molecule has 2 nitrogen and oxygen atoms in total. The Kier molecular flexibility index (Phi) is 2.30. The molecule has 2 rings (SSSR count). The Hall–Kier alpha value is -0.190. The van der Waals surface area contributed by atoms with Crippen LogP contribution in [0.15, 0.2) is 15.9 Å². The van der Waals surface area contributed by atoms with Crippen molar-refractivity contribution in [1.29, 1.82) is 0 Å². The van der Waals surface area contributed by atoms with E-state index in [2.05, 4.69) is 15.9 Å². The summed E-state index contributed by atoms with van der Waals surface area (Å²) in [6.45, 7) is 2.71. The molecule has 13 heavy (non-hydrogen) atoms. The third kappa shape index (κ3) is 1.37. The van der Waals surface area contributed by atoms with Crippen molar-refractivity contribution in [2.45, 2.75) is 12.3 Å². The fourth-order valence-corrected chi connectivity index (χ4v) is 2.99. The van der Waals surface area contributed by atoms with Crippen LogP contribution in [0.1, 0.15) is 11.8 Å². The minimum atomic E-state index is -0.337. The molecule has 0 spiro atoms. The fourth-order valence-electron chi connectivity index (χ4n) is 1.40. The maximum atomic E-state index is 11.5. The number of ether oxygens (including phenoxy) is 1. The zero-order chi connectivity index (χ0) is 9.47. The lowest BCUT2D eigenvalue weighted by Crippen LogP contribution is -2.51. The van der Waals surface area contributed by atoms with Gasteiger partial charge >= 0.3 is 0 Å². The minimum Gasteiger partial charge on any atom is -0.378 e. The fraction of sp³-hybridized carbons (Fsp3) is 0.444. The summed E-state index contributed by atoms with van der Waals surface area (Å²) in [5, 5.41) is 0. The number of hydrogen-bond acceptors (Lipinski definition) is 3. The first-order valence-electron chi connectivity index (χ1n) is 4.00. The van der Waals surface area contributed by atoms with Gasteiger partial charge in [-0.15, -0.1) is 11.3 Å². The van der Waals surface area contributed by atoms with Gasteiger partial charge in [-0.1, -0.05) is 0 Å². The van der Waals surface area contributed by atoms with E-state index in [0.717, 1.165) is 8.66 Å². The van der Waals surface area contributed by atoms with E-state index in [4.69, 9.17) is 4.74 Å². The molecular formula is C9H9BrO2S. The van der Waals surface area contributed by atoms with Gasteiger partial charge in [0.25, 0.3) is 0 Å². The summed E-state index contributed by atoms with van der Waals surface area (Å²) >= 11 is 5.01. The smallest absolute Gasteiger partial charge is 0.145 e. The van der Waals surface area contributed by atoms with Crippen LogP contribution in [0.4, 0.5) is 0 Å². The molecule has 0 aromatic carbocycles. The Morgan fingerprint density at radius 2 is 2.31 bits per heavy atom. The van der Waals surface area contributed by atoms with E-state index in [1.807, 2.05) is 12.1 Å². The van der Waals surface area contributed by atoms with E-state index < -0.39 is 0 Å². The Bertz CT molecular complexity index is 341. The monoisotopic (exact) mass is 260 g/mol. The van der Waals surface area contributed by atoms with Crippen molar-refractivity contribution < 1.29 is 9.53 Å². The van der Waals surface area contributed by atoms with Crippen LogP contribution in [-0.4, -0.2) is 19.0 Å². The quantitative estimate of drug-likeness (QED) is 0.817. The first-order valence-corrected chi connectivity index (χ1v) is 5.61. The molecule has 0 saturated carbocycles. The largest absolute Gasteiger partial charge is 0.378 e. The first kappa shape index (κ1) is 9.37. The second kappa shape index (κ2) is 3.19. The molecule has 0 bridgehead atoms. The van der Waals surface area contributed by atoms with Gasteiger partial charge in [0.05, 0.1) is 17.0 Å². The predicted molar refractivity (Wildman–Crippen MR) is 55.2 cm³/mol. The van der Waals surface area contributed by atoms with Gasteiger partial charge in [-0.3, -0.25) is 4.79 Å². The van der Waals surface area contributed by atoms with Gasteiger partial charge in [0.15, 0.2) is 0 Å². The lowest BCUT2D eigenvalue weighted by Gasteiger charge is -2.38. The standard InChI is InChI=1S/C9H9BrO2S/c1-6(11)9(4-12-5-9)7-2-3-8(10)13-7/h2-3H,4-5H2,1H3. The van der Waals surface area contributed by atoms with Crippen molar-refractivity contribution in [3.63, 3.8) is 0 Å². The van der Waals surface area contributed by atoms with Gasteiger partial charge in [0.2, 0.25) is 0 Å². The predicted octanol–water partition coefficient (Wildman–Crippen LogP) is 2.37. The molecule has 1 fully saturated rings. The molecule has 1 saturated heterocycles. The lowest BCUT2D eigenvalue weighted by molar-refractivity contribution is -0.140. The minimum absolute atomic E-state index is 0.202. The number of halogens is 1. The van der Waals surface area contributed by atoms with Crippen LogP contribution in [0.3, 0.4) is 0 Å². The van der Waals surface area contributed by atoms with E-state index in [9.17, 15) is 4.79 Å². The third-order valence-electron chi connectivity index (χ3n) is 2.42. The number of rotatable bonds is 2. The van der Waals surface area contributed by atoms with Crippen molar-refractivity contribution >= 4 is 33.0 Å². The average molecular weight is 261 g/mol. The third-order valence-corrected chi connectivity index (χ3v) is 4.24. The summed E-state index contributed by atoms with van der Waals surface area (Å²) < 4.78 is 6.20. The molecule has 0 unspecified atom stereocenters. The normalized spacial score (nSPS) is 19.5. The highest BCUT2D eigenvalue weighted by Crippen LogP contribution is 2.38. The van der Waals surface area contributed by atoms with Crippen molar-refractivity contribution in [2.75, 3.05) is 13.2 Å². The summed E-state index contributed by atoms with van der Waals surface area (Å²) in [6.07, 6.45) is 0. The van der Waals surface area contributed by atoms with Crippen LogP contribution in [0.5, 0.6) is 0 Å². The number of Topliss-reactive ketones (excluding diaryl/α,β-unsaturated/α-hetero) is 1. The van der Waals surface area contributed by atoms with E-state index in [1.165, 1.54) is 0 Å². The highest BCUT2D eigenvalue weighted by molar-refractivity contribution is 9.11. The molecule has 0 amide bonds. The highest BCUT2D eigenvalue weighted by Gasteiger charge is 2.45. The van der Waals surface area contributed by atoms with Crippen molar-refractivity contribution in [3.8, 4) is 0 Å². The van der Waals surface area contributed by atoms with Crippen LogP contribution in [0.25, 0.3) is 0 Å². The summed E-state index contributed by atoms with van der Waals surface area (Å²) in [5.41, 5.74) is -0.337. The molecule has 1 aliphatic rings. The zero-order valence-corrected chi connectivity index (χ0v) is 9.57.